The highest BCUT2D eigenvalue weighted by Crippen LogP contribution is 2.54. The van der Waals surface area contributed by atoms with Crippen molar-refractivity contribution in [2.75, 3.05) is 11.6 Å². The van der Waals surface area contributed by atoms with E-state index in [0.29, 0.717) is 6.54 Å². The zero-order chi connectivity index (χ0) is 26.1. The molecule has 2 aliphatic heterocycles. The van der Waals surface area contributed by atoms with Gasteiger partial charge in [-0.1, -0.05) is 30.3 Å². The monoisotopic (exact) mass is 562 g/mol. The minimum absolute atomic E-state index is 0.132. The van der Waals surface area contributed by atoms with Crippen LogP contribution in [0.15, 0.2) is 45.0 Å². The number of hydrogen-bond acceptors (Lipinski definition) is 8. The second-order valence-electron chi connectivity index (χ2n) is 10.2. The lowest BCUT2D eigenvalue weighted by atomic mass is 9.73. The molecule has 1 aromatic heterocycles. The number of fused-ring (bicyclic) bond motifs is 6. The van der Waals surface area contributed by atoms with Crippen LogP contribution in [0.25, 0.3) is 0 Å². The maximum Gasteiger partial charge on any atom is 0.287 e. The van der Waals surface area contributed by atoms with Crippen LogP contribution < -0.4 is 10.0 Å². The molecule has 2 aliphatic carbocycles. The van der Waals surface area contributed by atoms with E-state index in [0.717, 1.165) is 42.4 Å². The Hall–Kier alpha value is -2.61. The van der Waals surface area contributed by atoms with Gasteiger partial charge >= 0.3 is 0 Å². The van der Waals surface area contributed by atoms with Gasteiger partial charge < -0.3 is 10.2 Å². The molecule has 0 radical (unpaired) electrons. The second-order valence-corrected chi connectivity index (χ2v) is 14.5. The minimum Gasteiger partial charge on any atom is -0.333 e. The van der Waals surface area contributed by atoms with E-state index in [4.69, 9.17) is 0 Å². The fourth-order valence-electron chi connectivity index (χ4n) is 6.47. The van der Waals surface area contributed by atoms with Gasteiger partial charge in [0.25, 0.3) is 10.0 Å². The van der Waals surface area contributed by atoms with E-state index in [1.54, 1.807) is 4.90 Å². The van der Waals surface area contributed by atoms with Crippen molar-refractivity contribution in [3.8, 4) is 0 Å². The standard InChI is InChI=1S/C24H26N4O6S3/c1-36(31,32)25-10-16-12-35-23-21(16)37(33,34)27-22(26-23)18-20(29)17-14-7-8-15(9-14)19(17)28(24(18)30)11-13-5-3-2-4-6-13/h2-6,12,14-15,17-19,25H,7-11H2,1H3,(H,26,27). The number of Topliss-reactive ketones (excluding diaryl/α,β-unsaturated/α-hetero) is 1. The number of sulfonamides is 2. The highest BCUT2D eigenvalue weighted by Gasteiger charge is 2.60. The van der Waals surface area contributed by atoms with E-state index < -0.39 is 31.9 Å². The van der Waals surface area contributed by atoms with Crippen LogP contribution in [0.4, 0.5) is 5.00 Å². The number of nitrogens with zero attached hydrogens (tertiary/aromatic N) is 2. The van der Waals surface area contributed by atoms with Gasteiger partial charge in [-0.15, -0.1) is 15.7 Å². The van der Waals surface area contributed by atoms with Gasteiger partial charge in [-0.2, -0.15) is 8.42 Å². The van der Waals surface area contributed by atoms with Crippen LogP contribution in [-0.2, 0) is 42.7 Å². The molecule has 2 N–H and O–H groups in total. The van der Waals surface area contributed by atoms with Gasteiger partial charge in [0.1, 0.15) is 15.7 Å². The summed E-state index contributed by atoms with van der Waals surface area (Å²) in [7, 11) is -7.82. The van der Waals surface area contributed by atoms with Crippen LogP contribution in [0, 0.1) is 23.7 Å². The number of rotatable bonds is 6. The Labute approximate surface area is 219 Å². The molecule has 1 saturated heterocycles. The number of carbonyl (C=O) groups is 2. The molecule has 0 spiro atoms. The van der Waals surface area contributed by atoms with Crippen LogP contribution in [0.3, 0.4) is 0 Å². The number of anilines is 1. The number of benzene rings is 1. The van der Waals surface area contributed by atoms with Crippen molar-refractivity contribution in [3.63, 3.8) is 0 Å². The lowest BCUT2D eigenvalue weighted by Crippen LogP contribution is -2.61. The van der Waals surface area contributed by atoms with Gasteiger partial charge in [-0.05, 0) is 42.0 Å². The molecule has 13 heteroatoms. The quantitative estimate of drug-likeness (QED) is 0.513. The summed E-state index contributed by atoms with van der Waals surface area (Å²) in [6.45, 7) is 0.134. The number of amides is 1. The molecule has 6 rings (SSSR count). The van der Waals surface area contributed by atoms with Crippen molar-refractivity contribution >= 4 is 53.9 Å². The number of amidine groups is 1. The van der Waals surface area contributed by atoms with Gasteiger partial charge in [0.2, 0.25) is 15.9 Å². The lowest BCUT2D eigenvalue weighted by Gasteiger charge is -2.45. The molecule has 5 unspecified atom stereocenters. The van der Waals surface area contributed by atoms with Crippen LogP contribution in [0.2, 0.25) is 0 Å². The first-order chi connectivity index (χ1) is 17.5. The Morgan fingerprint density at radius 2 is 1.89 bits per heavy atom. The summed E-state index contributed by atoms with van der Waals surface area (Å²) in [5.74, 6) is -2.07. The third kappa shape index (κ3) is 4.21. The molecule has 2 bridgehead atoms. The van der Waals surface area contributed by atoms with Crippen molar-refractivity contribution in [2.45, 2.75) is 43.3 Å². The van der Waals surface area contributed by atoms with Crippen LogP contribution in [0.1, 0.15) is 30.4 Å². The predicted molar refractivity (Wildman–Crippen MR) is 138 cm³/mol. The van der Waals surface area contributed by atoms with Gasteiger partial charge in [0, 0.05) is 30.6 Å². The number of ketones is 1. The molecule has 5 atom stereocenters. The molecule has 10 nitrogen and oxygen atoms in total. The fraction of sp³-hybridized carbons (Fsp3) is 0.458. The van der Waals surface area contributed by atoms with Gasteiger partial charge in [0.15, 0.2) is 11.7 Å². The van der Waals surface area contributed by atoms with E-state index >= 15 is 0 Å². The molecule has 196 valence electrons. The van der Waals surface area contributed by atoms with Gasteiger partial charge in [-0.25, -0.2) is 13.1 Å². The zero-order valence-corrected chi connectivity index (χ0v) is 22.4. The summed E-state index contributed by atoms with van der Waals surface area (Å²) in [6.07, 6.45) is 3.80. The first-order valence-electron chi connectivity index (χ1n) is 12.1. The van der Waals surface area contributed by atoms with Crippen LogP contribution in [-0.4, -0.2) is 51.6 Å². The van der Waals surface area contributed by atoms with Crippen molar-refractivity contribution in [1.29, 1.82) is 0 Å². The molecule has 3 heterocycles. The number of piperidine rings is 1. The fourth-order valence-corrected chi connectivity index (χ4v) is 9.54. The SMILES string of the molecule is CS(=O)(=O)NCc1csc2c1S(=O)(=O)N=C(C1C(=O)C3C4CCC(C4)C3N(Cc3ccccc3)C1=O)N2. The Morgan fingerprint density at radius 3 is 2.62 bits per heavy atom. The maximum absolute atomic E-state index is 13.9. The molecule has 3 fully saturated rings. The molecule has 1 aromatic carbocycles. The Bertz CT molecular complexity index is 1530. The van der Waals surface area contributed by atoms with Crippen LogP contribution in [0.5, 0.6) is 0 Å². The predicted octanol–water partition coefficient (Wildman–Crippen LogP) is 1.95. The lowest BCUT2D eigenvalue weighted by molar-refractivity contribution is -0.153. The van der Waals surface area contributed by atoms with Crippen molar-refractivity contribution in [3.05, 3.63) is 46.8 Å². The Kier molecular flexibility index (Phi) is 5.82. The third-order valence-electron chi connectivity index (χ3n) is 7.90. The highest BCUT2D eigenvalue weighted by atomic mass is 32.2. The number of likely N-dealkylation sites (tertiary alicyclic amines) is 1. The maximum atomic E-state index is 13.9. The van der Waals surface area contributed by atoms with E-state index in [-0.39, 0.29) is 57.4 Å². The van der Waals surface area contributed by atoms with Crippen LogP contribution >= 0.6 is 11.3 Å². The summed E-state index contributed by atoms with van der Waals surface area (Å²) in [6, 6.07) is 9.40. The second kappa shape index (κ2) is 8.72. The summed E-state index contributed by atoms with van der Waals surface area (Å²) in [4.78, 5) is 29.4. The average Bonchev–Trinajstić information content (AvgIpc) is 3.55. The topological polar surface area (TPSA) is 142 Å². The molecule has 2 aromatic rings. The third-order valence-corrected chi connectivity index (χ3v) is 11.1. The van der Waals surface area contributed by atoms with E-state index in [1.165, 1.54) is 5.38 Å². The normalized spacial score (nSPS) is 30.0. The van der Waals surface area contributed by atoms with Gasteiger partial charge in [0.05, 0.1) is 6.26 Å². The Morgan fingerprint density at radius 1 is 1.16 bits per heavy atom. The molecule has 4 aliphatic rings. The van der Waals surface area contributed by atoms with Gasteiger partial charge in [-0.3, -0.25) is 9.59 Å². The summed E-state index contributed by atoms with van der Waals surface area (Å²) in [5, 5.41) is 4.71. The van der Waals surface area contributed by atoms with Crippen molar-refractivity contribution in [1.82, 2.24) is 9.62 Å². The van der Waals surface area contributed by atoms with Crippen molar-refractivity contribution < 1.29 is 26.4 Å². The smallest absolute Gasteiger partial charge is 0.287 e. The largest absolute Gasteiger partial charge is 0.333 e. The highest BCUT2D eigenvalue weighted by molar-refractivity contribution is 7.91. The van der Waals surface area contributed by atoms with E-state index in [2.05, 4.69) is 14.4 Å². The Balaban J connectivity index is 1.36. The molecular weight excluding hydrogens is 536 g/mol. The first-order valence-corrected chi connectivity index (χ1v) is 16.3. The minimum atomic E-state index is -4.27. The van der Waals surface area contributed by atoms with Crippen molar-refractivity contribution in [2.24, 2.45) is 28.1 Å². The number of nitrogens with one attached hydrogen (secondary N) is 2. The molecular formula is C24H26N4O6S3. The van der Waals surface area contributed by atoms with E-state index in [9.17, 15) is 26.4 Å². The molecule has 1 amide bonds. The summed E-state index contributed by atoms with van der Waals surface area (Å²) < 4.78 is 55.7. The summed E-state index contributed by atoms with van der Waals surface area (Å²) >= 11 is 1.07. The number of hydrogen-bond donors (Lipinski definition) is 2. The summed E-state index contributed by atoms with van der Waals surface area (Å²) in [5.41, 5.74) is 1.20. The first kappa shape index (κ1) is 24.7. The average molecular weight is 563 g/mol. The number of thiophene rings is 1. The molecule has 2 saturated carbocycles. The molecule has 37 heavy (non-hydrogen) atoms. The van der Waals surface area contributed by atoms with E-state index in [1.807, 2.05) is 30.3 Å². The number of carbonyl (C=O) groups excluding carboxylic acids is 2. The zero-order valence-electron chi connectivity index (χ0n) is 20.0.